The molecule has 0 aliphatic rings. The van der Waals surface area contributed by atoms with E-state index in [0.717, 1.165) is 17.6 Å². The van der Waals surface area contributed by atoms with E-state index in [2.05, 4.69) is 67.0 Å². The molecular formula is C9H12Br3NOS. The third-order valence-electron chi connectivity index (χ3n) is 1.80. The lowest BCUT2D eigenvalue weighted by Crippen LogP contribution is -2.27. The zero-order valence-electron chi connectivity index (χ0n) is 8.35. The summed E-state index contributed by atoms with van der Waals surface area (Å²) in [5.74, 6) is 0. The van der Waals surface area contributed by atoms with Crippen LogP contribution < -0.4 is 5.32 Å². The van der Waals surface area contributed by atoms with Crippen molar-refractivity contribution in [2.24, 2.45) is 0 Å². The molecule has 0 aliphatic carbocycles. The van der Waals surface area contributed by atoms with Crippen LogP contribution in [0.2, 0.25) is 0 Å². The summed E-state index contributed by atoms with van der Waals surface area (Å²) >= 11 is 11.8. The molecule has 0 bridgehead atoms. The van der Waals surface area contributed by atoms with Crippen molar-refractivity contribution in [3.63, 3.8) is 0 Å². The van der Waals surface area contributed by atoms with Crippen molar-refractivity contribution >= 4 is 59.1 Å². The lowest BCUT2D eigenvalue weighted by atomic mass is 10.2. The zero-order chi connectivity index (χ0) is 11.6. The molecule has 0 saturated carbocycles. The maximum absolute atomic E-state index is 9.96. The molecule has 2 nitrogen and oxygen atoms in total. The summed E-state index contributed by atoms with van der Waals surface area (Å²) in [7, 11) is 0. The van der Waals surface area contributed by atoms with Crippen LogP contribution in [0, 0.1) is 0 Å². The van der Waals surface area contributed by atoms with Crippen molar-refractivity contribution < 1.29 is 5.11 Å². The summed E-state index contributed by atoms with van der Waals surface area (Å²) in [6.45, 7) is 4.68. The fraction of sp³-hybridized carbons (Fsp3) is 0.556. The summed E-state index contributed by atoms with van der Waals surface area (Å²) < 4.78 is 2.89. The minimum absolute atomic E-state index is 0.380. The van der Waals surface area contributed by atoms with Crippen LogP contribution in [0.5, 0.6) is 0 Å². The van der Waals surface area contributed by atoms with E-state index in [4.69, 9.17) is 0 Å². The summed E-state index contributed by atoms with van der Waals surface area (Å²) in [6, 6.07) is 0.380. The summed E-state index contributed by atoms with van der Waals surface area (Å²) in [4.78, 5) is 0.932. The molecule has 1 aromatic heterocycles. The van der Waals surface area contributed by atoms with Crippen molar-refractivity contribution in [1.82, 2.24) is 5.32 Å². The second kappa shape index (κ2) is 6.12. The molecule has 1 rings (SSSR count). The summed E-state index contributed by atoms with van der Waals surface area (Å²) in [5.41, 5.74) is 0. The van der Waals surface area contributed by atoms with Crippen LogP contribution in [0.25, 0.3) is 0 Å². The Balaban J connectivity index is 2.73. The van der Waals surface area contributed by atoms with Crippen molar-refractivity contribution in [3.8, 4) is 0 Å². The van der Waals surface area contributed by atoms with E-state index in [1.807, 2.05) is 0 Å². The topological polar surface area (TPSA) is 32.3 Å². The molecule has 0 fully saturated rings. The number of thiophene rings is 1. The number of aliphatic hydroxyl groups excluding tert-OH is 1. The highest BCUT2D eigenvalue weighted by Crippen LogP contribution is 2.43. The average Bonchev–Trinajstić information content (AvgIpc) is 2.42. The predicted molar refractivity (Wildman–Crippen MR) is 75.5 cm³/mol. The van der Waals surface area contributed by atoms with Gasteiger partial charge in [0.15, 0.2) is 0 Å². The molecule has 0 saturated heterocycles. The molecule has 0 amide bonds. The first-order chi connectivity index (χ1) is 6.93. The van der Waals surface area contributed by atoms with Crippen LogP contribution in [0.3, 0.4) is 0 Å². The molecule has 1 aromatic rings. The zero-order valence-corrected chi connectivity index (χ0v) is 13.9. The number of nitrogens with one attached hydrogen (secondary N) is 1. The van der Waals surface area contributed by atoms with E-state index < -0.39 is 6.10 Å². The first kappa shape index (κ1) is 14.1. The largest absolute Gasteiger partial charge is 0.386 e. The average molecular weight is 422 g/mol. The fourth-order valence-corrected chi connectivity index (χ4v) is 4.24. The number of halogens is 3. The Morgan fingerprint density at radius 2 is 1.87 bits per heavy atom. The lowest BCUT2D eigenvalue weighted by Gasteiger charge is -2.13. The van der Waals surface area contributed by atoms with Gasteiger partial charge >= 0.3 is 0 Å². The summed E-state index contributed by atoms with van der Waals surface area (Å²) in [5, 5.41) is 13.2. The number of aliphatic hydroxyl groups is 1. The van der Waals surface area contributed by atoms with Crippen LogP contribution in [0.1, 0.15) is 24.8 Å². The Morgan fingerprint density at radius 1 is 1.27 bits per heavy atom. The SMILES string of the molecule is CC(C)NCC(O)c1sc(Br)c(Br)c1Br. The van der Waals surface area contributed by atoms with Gasteiger partial charge in [0.25, 0.3) is 0 Å². The predicted octanol–water partition coefficient (Wildman–Crippen LogP) is 4.07. The second-order valence-corrected chi connectivity index (χ2v) is 7.40. The Labute approximate surface area is 119 Å². The highest BCUT2D eigenvalue weighted by Gasteiger charge is 2.19. The fourth-order valence-electron chi connectivity index (χ4n) is 1.03. The normalized spacial score (nSPS) is 13.5. The van der Waals surface area contributed by atoms with E-state index >= 15 is 0 Å². The smallest absolute Gasteiger partial charge is 0.102 e. The quantitative estimate of drug-likeness (QED) is 0.768. The van der Waals surface area contributed by atoms with Gasteiger partial charge in [-0.15, -0.1) is 11.3 Å². The first-order valence-electron chi connectivity index (χ1n) is 4.48. The molecule has 1 heterocycles. The molecular weight excluding hydrogens is 410 g/mol. The monoisotopic (exact) mass is 419 g/mol. The van der Waals surface area contributed by atoms with Gasteiger partial charge < -0.3 is 10.4 Å². The van der Waals surface area contributed by atoms with Gasteiger partial charge in [-0.2, -0.15) is 0 Å². The van der Waals surface area contributed by atoms with E-state index in [9.17, 15) is 5.11 Å². The van der Waals surface area contributed by atoms with E-state index in [0.29, 0.717) is 12.6 Å². The highest BCUT2D eigenvalue weighted by atomic mass is 79.9. The van der Waals surface area contributed by atoms with Gasteiger partial charge in [0.05, 0.1) is 13.1 Å². The third kappa shape index (κ3) is 3.78. The molecule has 0 radical (unpaired) electrons. The maximum atomic E-state index is 9.96. The first-order valence-corrected chi connectivity index (χ1v) is 7.67. The molecule has 15 heavy (non-hydrogen) atoms. The van der Waals surface area contributed by atoms with Gasteiger partial charge in [-0.3, -0.25) is 0 Å². The summed E-state index contributed by atoms with van der Waals surface area (Å²) in [6.07, 6.45) is -0.477. The number of hydrogen-bond acceptors (Lipinski definition) is 3. The van der Waals surface area contributed by atoms with Gasteiger partial charge in [-0.05, 0) is 47.8 Å². The Kier molecular flexibility index (Phi) is 5.76. The van der Waals surface area contributed by atoms with Gasteiger partial charge in [0, 0.05) is 17.1 Å². The van der Waals surface area contributed by atoms with Gasteiger partial charge in [0.1, 0.15) is 6.10 Å². The second-order valence-electron chi connectivity index (χ2n) is 3.45. The molecule has 86 valence electrons. The molecule has 0 aliphatic heterocycles. The molecule has 0 spiro atoms. The van der Waals surface area contributed by atoms with Crippen LogP contribution in [0.15, 0.2) is 12.7 Å². The molecule has 2 N–H and O–H groups in total. The van der Waals surface area contributed by atoms with Crippen LogP contribution in [0.4, 0.5) is 0 Å². The van der Waals surface area contributed by atoms with Crippen LogP contribution in [-0.2, 0) is 0 Å². The number of rotatable bonds is 4. The van der Waals surface area contributed by atoms with Crippen molar-refractivity contribution in [1.29, 1.82) is 0 Å². The van der Waals surface area contributed by atoms with E-state index in [1.165, 1.54) is 11.3 Å². The maximum Gasteiger partial charge on any atom is 0.102 e. The minimum Gasteiger partial charge on any atom is -0.386 e. The lowest BCUT2D eigenvalue weighted by molar-refractivity contribution is 0.174. The van der Waals surface area contributed by atoms with Crippen LogP contribution in [-0.4, -0.2) is 17.7 Å². The van der Waals surface area contributed by atoms with Crippen molar-refractivity contribution in [2.45, 2.75) is 26.0 Å². The standard InChI is InChI=1S/C9H12Br3NOS/c1-4(2)13-3-5(14)8-6(10)7(11)9(12)15-8/h4-5,13-14H,3H2,1-2H3. The molecule has 6 heteroatoms. The van der Waals surface area contributed by atoms with Gasteiger partial charge in [0.2, 0.25) is 0 Å². The van der Waals surface area contributed by atoms with Crippen molar-refractivity contribution in [2.75, 3.05) is 6.54 Å². The van der Waals surface area contributed by atoms with E-state index in [-0.39, 0.29) is 0 Å². The Hall–Kier alpha value is 1.06. The Bertz CT molecular complexity index is 340. The molecule has 1 unspecified atom stereocenters. The minimum atomic E-state index is -0.477. The third-order valence-corrected chi connectivity index (χ3v) is 6.97. The van der Waals surface area contributed by atoms with Gasteiger partial charge in [-0.25, -0.2) is 0 Å². The molecule has 0 aromatic carbocycles. The number of hydrogen-bond donors (Lipinski definition) is 2. The van der Waals surface area contributed by atoms with E-state index in [1.54, 1.807) is 0 Å². The van der Waals surface area contributed by atoms with Gasteiger partial charge in [-0.1, -0.05) is 13.8 Å². The molecule has 1 atom stereocenters. The highest BCUT2D eigenvalue weighted by molar-refractivity contribution is 9.14. The Morgan fingerprint density at radius 3 is 2.27 bits per heavy atom. The van der Waals surface area contributed by atoms with Crippen molar-refractivity contribution in [3.05, 3.63) is 17.6 Å². The van der Waals surface area contributed by atoms with Crippen LogP contribution >= 0.6 is 59.1 Å².